The van der Waals surface area contributed by atoms with Crippen LogP contribution < -0.4 is 15.0 Å². The van der Waals surface area contributed by atoms with E-state index in [1.165, 1.54) is 0 Å². The summed E-state index contributed by atoms with van der Waals surface area (Å²) < 4.78 is 5.30. The molecule has 0 saturated carbocycles. The number of likely N-dealkylation sites (N-methyl/N-ethyl adjacent to an activating group) is 1. The Morgan fingerprint density at radius 2 is 1.87 bits per heavy atom. The molecular formula is C24H28N4O2. The highest BCUT2D eigenvalue weighted by Crippen LogP contribution is 2.27. The second-order valence-corrected chi connectivity index (χ2v) is 7.60. The van der Waals surface area contributed by atoms with Crippen LogP contribution in [0.1, 0.15) is 22.8 Å². The molecule has 0 radical (unpaired) electrons. The molecule has 0 atom stereocenters. The van der Waals surface area contributed by atoms with Crippen molar-refractivity contribution in [2.75, 3.05) is 50.1 Å². The lowest BCUT2D eigenvalue weighted by Crippen LogP contribution is -2.46. The number of amides is 1. The molecule has 0 aliphatic carbocycles. The standard InChI is InChI=1S/C24H28N4O2/c1-4-27-11-13-28(14-12-27)23-15-17(2)20-16-18(9-10-21(20)26-23)25-24(29)19-7-5-6-8-22(19)30-3/h5-10,15-16H,4,11-14H2,1-3H3,(H,25,29). The number of pyridine rings is 1. The maximum absolute atomic E-state index is 12.7. The summed E-state index contributed by atoms with van der Waals surface area (Å²) >= 11 is 0. The van der Waals surface area contributed by atoms with Gasteiger partial charge in [0.05, 0.1) is 18.2 Å². The molecule has 1 amide bonds. The first-order valence-electron chi connectivity index (χ1n) is 10.4. The van der Waals surface area contributed by atoms with Gasteiger partial charge in [-0.25, -0.2) is 4.98 Å². The Hall–Kier alpha value is -3.12. The molecule has 1 saturated heterocycles. The van der Waals surface area contributed by atoms with Gasteiger partial charge in [0.2, 0.25) is 0 Å². The number of aryl methyl sites for hydroxylation is 1. The molecule has 30 heavy (non-hydrogen) atoms. The number of nitrogens with zero attached hydrogens (tertiary/aromatic N) is 3. The third-order valence-electron chi connectivity index (χ3n) is 5.75. The van der Waals surface area contributed by atoms with Gasteiger partial charge in [-0.05, 0) is 55.4 Å². The number of carbonyl (C=O) groups excluding carboxylic acids is 1. The van der Waals surface area contributed by atoms with E-state index in [2.05, 4.69) is 35.0 Å². The quantitative estimate of drug-likeness (QED) is 0.698. The normalized spacial score (nSPS) is 14.7. The summed E-state index contributed by atoms with van der Waals surface area (Å²) in [6, 6.07) is 15.2. The molecule has 1 fully saturated rings. The van der Waals surface area contributed by atoms with Gasteiger partial charge in [-0.1, -0.05) is 19.1 Å². The number of aromatic nitrogens is 1. The minimum absolute atomic E-state index is 0.192. The number of fused-ring (bicyclic) bond motifs is 1. The summed E-state index contributed by atoms with van der Waals surface area (Å²) in [4.78, 5) is 22.4. The number of anilines is 2. The fourth-order valence-corrected chi connectivity index (χ4v) is 3.94. The molecule has 1 aromatic heterocycles. The molecule has 2 aromatic carbocycles. The van der Waals surface area contributed by atoms with Gasteiger partial charge in [0.25, 0.3) is 5.91 Å². The molecule has 6 heteroatoms. The highest BCUT2D eigenvalue weighted by molar-refractivity contribution is 6.07. The van der Waals surface area contributed by atoms with Crippen LogP contribution in [0.5, 0.6) is 5.75 Å². The number of nitrogens with one attached hydrogen (secondary N) is 1. The number of methoxy groups -OCH3 is 1. The Bertz CT molecular complexity index is 1060. The molecule has 4 rings (SSSR count). The molecule has 0 unspecified atom stereocenters. The Kier molecular flexibility index (Phi) is 5.86. The smallest absolute Gasteiger partial charge is 0.259 e. The van der Waals surface area contributed by atoms with Crippen molar-refractivity contribution in [1.29, 1.82) is 0 Å². The number of benzene rings is 2. The number of carbonyl (C=O) groups is 1. The zero-order chi connectivity index (χ0) is 21.1. The van der Waals surface area contributed by atoms with E-state index >= 15 is 0 Å². The molecular weight excluding hydrogens is 376 g/mol. The number of piperazine rings is 1. The van der Waals surface area contributed by atoms with E-state index in [1.54, 1.807) is 19.2 Å². The number of ether oxygens (including phenoxy) is 1. The maximum atomic E-state index is 12.7. The van der Waals surface area contributed by atoms with Gasteiger partial charge in [-0.15, -0.1) is 0 Å². The van der Waals surface area contributed by atoms with Gasteiger partial charge in [0.15, 0.2) is 0 Å². The molecule has 3 aromatic rings. The fraction of sp³-hybridized carbons (Fsp3) is 0.333. The summed E-state index contributed by atoms with van der Waals surface area (Å²) in [5, 5.41) is 4.02. The van der Waals surface area contributed by atoms with Crippen molar-refractivity contribution in [2.24, 2.45) is 0 Å². The van der Waals surface area contributed by atoms with E-state index in [4.69, 9.17) is 9.72 Å². The summed E-state index contributed by atoms with van der Waals surface area (Å²) in [7, 11) is 1.57. The largest absolute Gasteiger partial charge is 0.496 e. The van der Waals surface area contributed by atoms with Crippen LogP contribution in [-0.2, 0) is 0 Å². The van der Waals surface area contributed by atoms with Crippen LogP contribution in [0.4, 0.5) is 11.5 Å². The van der Waals surface area contributed by atoms with E-state index in [0.717, 1.165) is 60.7 Å². The van der Waals surface area contributed by atoms with Crippen LogP contribution in [0.3, 0.4) is 0 Å². The zero-order valence-corrected chi connectivity index (χ0v) is 17.8. The third-order valence-corrected chi connectivity index (χ3v) is 5.75. The van der Waals surface area contributed by atoms with Crippen molar-refractivity contribution < 1.29 is 9.53 Å². The lowest BCUT2D eigenvalue weighted by atomic mass is 10.1. The first kappa shape index (κ1) is 20.2. The predicted molar refractivity (Wildman–Crippen MR) is 122 cm³/mol. The van der Waals surface area contributed by atoms with E-state index in [0.29, 0.717) is 11.3 Å². The molecule has 6 nitrogen and oxygen atoms in total. The summed E-state index contributed by atoms with van der Waals surface area (Å²) in [6.45, 7) is 9.55. The van der Waals surface area contributed by atoms with Crippen LogP contribution in [0.15, 0.2) is 48.5 Å². The third kappa shape index (κ3) is 4.09. The highest BCUT2D eigenvalue weighted by atomic mass is 16.5. The van der Waals surface area contributed by atoms with Gasteiger partial charge < -0.3 is 19.9 Å². The first-order chi connectivity index (χ1) is 14.6. The Morgan fingerprint density at radius 1 is 1.10 bits per heavy atom. The minimum atomic E-state index is -0.192. The van der Waals surface area contributed by atoms with Crippen molar-refractivity contribution in [2.45, 2.75) is 13.8 Å². The topological polar surface area (TPSA) is 57.7 Å². The Morgan fingerprint density at radius 3 is 2.60 bits per heavy atom. The van der Waals surface area contributed by atoms with Gasteiger partial charge in [0, 0.05) is 37.3 Å². The Balaban J connectivity index is 1.56. The van der Waals surface area contributed by atoms with Crippen LogP contribution in [0, 0.1) is 6.92 Å². The van der Waals surface area contributed by atoms with Crippen LogP contribution in [0.2, 0.25) is 0 Å². The monoisotopic (exact) mass is 404 g/mol. The van der Waals surface area contributed by atoms with Crippen molar-refractivity contribution in [3.63, 3.8) is 0 Å². The number of hydrogen-bond acceptors (Lipinski definition) is 5. The van der Waals surface area contributed by atoms with E-state index in [-0.39, 0.29) is 5.91 Å². The average molecular weight is 405 g/mol. The van der Waals surface area contributed by atoms with E-state index < -0.39 is 0 Å². The lowest BCUT2D eigenvalue weighted by molar-refractivity contribution is 0.102. The molecule has 1 aliphatic rings. The molecule has 156 valence electrons. The van der Waals surface area contributed by atoms with Crippen molar-refractivity contribution in [3.05, 3.63) is 59.7 Å². The summed E-state index contributed by atoms with van der Waals surface area (Å²) in [5.74, 6) is 1.39. The summed E-state index contributed by atoms with van der Waals surface area (Å²) in [5.41, 5.74) is 3.35. The van der Waals surface area contributed by atoms with Crippen LogP contribution >= 0.6 is 0 Å². The fourth-order valence-electron chi connectivity index (χ4n) is 3.94. The lowest BCUT2D eigenvalue weighted by Gasteiger charge is -2.35. The molecule has 1 aliphatic heterocycles. The van der Waals surface area contributed by atoms with Crippen molar-refractivity contribution in [3.8, 4) is 5.75 Å². The number of rotatable bonds is 5. The summed E-state index contributed by atoms with van der Waals surface area (Å²) in [6.07, 6.45) is 0. The second kappa shape index (κ2) is 8.71. The number of para-hydroxylation sites is 1. The zero-order valence-electron chi connectivity index (χ0n) is 17.8. The molecule has 0 bridgehead atoms. The molecule has 0 spiro atoms. The minimum Gasteiger partial charge on any atom is -0.496 e. The average Bonchev–Trinajstić information content (AvgIpc) is 2.79. The SMILES string of the molecule is CCN1CCN(c2cc(C)c3cc(NC(=O)c4ccccc4OC)ccc3n2)CC1. The van der Waals surface area contributed by atoms with Gasteiger partial charge in [0.1, 0.15) is 11.6 Å². The first-order valence-corrected chi connectivity index (χ1v) is 10.4. The van der Waals surface area contributed by atoms with Crippen molar-refractivity contribution >= 4 is 28.3 Å². The van der Waals surface area contributed by atoms with Crippen LogP contribution in [0.25, 0.3) is 10.9 Å². The Labute approximate surface area is 177 Å². The van der Waals surface area contributed by atoms with Gasteiger partial charge >= 0.3 is 0 Å². The van der Waals surface area contributed by atoms with Crippen LogP contribution in [-0.4, -0.2) is 55.6 Å². The van der Waals surface area contributed by atoms with Gasteiger partial charge in [-0.3, -0.25) is 4.79 Å². The van der Waals surface area contributed by atoms with Crippen molar-refractivity contribution in [1.82, 2.24) is 9.88 Å². The maximum Gasteiger partial charge on any atom is 0.259 e. The second-order valence-electron chi connectivity index (χ2n) is 7.60. The van der Waals surface area contributed by atoms with E-state index in [9.17, 15) is 4.79 Å². The number of hydrogen-bond donors (Lipinski definition) is 1. The molecule has 2 heterocycles. The predicted octanol–water partition coefficient (Wildman–Crippen LogP) is 3.95. The molecule has 1 N–H and O–H groups in total. The highest BCUT2D eigenvalue weighted by Gasteiger charge is 2.18. The van der Waals surface area contributed by atoms with E-state index in [1.807, 2.05) is 30.3 Å². The van der Waals surface area contributed by atoms with Gasteiger partial charge in [-0.2, -0.15) is 0 Å².